The molecule has 8 nitrogen and oxygen atoms in total. The molecule has 2 atom stereocenters. The molecule has 1 N–H and O–H groups in total. The number of amides is 2. The van der Waals surface area contributed by atoms with E-state index in [1.165, 1.54) is 4.90 Å². The Labute approximate surface area is 158 Å². The second-order valence-corrected chi connectivity index (χ2v) is 7.33. The maximum absolute atomic E-state index is 13.5. The average Bonchev–Trinajstić information content (AvgIpc) is 3.05. The zero-order valence-electron chi connectivity index (χ0n) is 15.9. The number of nitrogens with one attached hydrogen (secondary N) is 1. The minimum atomic E-state index is -1.15. The van der Waals surface area contributed by atoms with Crippen molar-refractivity contribution in [2.45, 2.75) is 57.3 Å². The lowest BCUT2D eigenvalue weighted by Gasteiger charge is -2.40. The molecular formula is C18H27FN4O4. The fourth-order valence-electron chi connectivity index (χ4n) is 3.34. The van der Waals surface area contributed by atoms with Crippen LogP contribution in [0.4, 0.5) is 4.39 Å². The van der Waals surface area contributed by atoms with Crippen molar-refractivity contribution in [3.8, 4) is 6.07 Å². The van der Waals surface area contributed by atoms with Gasteiger partial charge >= 0.3 is 5.97 Å². The number of hydrogen-bond donors (Lipinski definition) is 1. The number of ether oxygens (including phenoxy) is 1. The molecule has 0 aromatic carbocycles. The van der Waals surface area contributed by atoms with Crippen LogP contribution < -0.4 is 5.32 Å². The molecule has 0 aromatic rings. The van der Waals surface area contributed by atoms with Crippen molar-refractivity contribution in [1.29, 1.82) is 5.26 Å². The Morgan fingerprint density at radius 2 is 1.96 bits per heavy atom. The number of carbonyl (C=O) groups excluding carboxylic acids is 3. The normalized spacial score (nSPS) is 24.4. The Kier molecular flexibility index (Phi) is 7.13. The third kappa shape index (κ3) is 5.63. The first kappa shape index (κ1) is 21.1. The molecule has 0 radical (unpaired) electrons. The Morgan fingerprint density at radius 1 is 1.30 bits per heavy atom. The van der Waals surface area contributed by atoms with E-state index in [4.69, 9.17) is 10.00 Å². The first-order chi connectivity index (χ1) is 12.8. The molecule has 2 heterocycles. The van der Waals surface area contributed by atoms with Gasteiger partial charge in [-0.1, -0.05) is 6.92 Å². The van der Waals surface area contributed by atoms with E-state index >= 15 is 0 Å². The SMILES string of the molecule is CCC(=O)OCC(=O)N1CCC(C)(NCC(=O)N2C[C@@H](F)C[C@H]2C#N)CC1. The molecule has 9 heteroatoms. The second kappa shape index (κ2) is 9.13. The van der Waals surface area contributed by atoms with E-state index in [1.807, 2.05) is 13.0 Å². The predicted octanol–water partition coefficient (Wildman–Crippen LogP) is 0.373. The summed E-state index contributed by atoms with van der Waals surface area (Å²) in [6, 6.07) is 1.27. The largest absolute Gasteiger partial charge is 0.456 e. The maximum Gasteiger partial charge on any atom is 0.306 e. The van der Waals surface area contributed by atoms with Crippen LogP contribution in [-0.2, 0) is 19.1 Å². The van der Waals surface area contributed by atoms with Gasteiger partial charge in [0.25, 0.3) is 5.91 Å². The van der Waals surface area contributed by atoms with E-state index in [1.54, 1.807) is 11.8 Å². The van der Waals surface area contributed by atoms with Crippen molar-refractivity contribution in [2.75, 3.05) is 32.8 Å². The topological polar surface area (TPSA) is 103 Å². The number of esters is 1. The summed E-state index contributed by atoms with van der Waals surface area (Å²) in [6.07, 6.45) is 0.433. The molecule has 0 aliphatic carbocycles. The lowest BCUT2D eigenvalue weighted by Crippen LogP contribution is -2.55. The number of alkyl halides is 1. The zero-order chi connectivity index (χ0) is 20.0. The van der Waals surface area contributed by atoms with Gasteiger partial charge < -0.3 is 19.9 Å². The molecule has 2 fully saturated rings. The fourth-order valence-corrected chi connectivity index (χ4v) is 3.34. The van der Waals surface area contributed by atoms with Gasteiger partial charge in [-0.05, 0) is 19.8 Å². The van der Waals surface area contributed by atoms with Crippen molar-refractivity contribution in [1.82, 2.24) is 15.1 Å². The number of nitriles is 1. The third-order valence-corrected chi connectivity index (χ3v) is 5.25. The van der Waals surface area contributed by atoms with Gasteiger partial charge in [-0.3, -0.25) is 14.4 Å². The van der Waals surface area contributed by atoms with Crippen LogP contribution in [-0.4, -0.2) is 78.1 Å². The van der Waals surface area contributed by atoms with E-state index in [-0.39, 0.29) is 49.9 Å². The van der Waals surface area contributed by atoms with Crippen LogP contribution in [0.15, 0.2) is 0 Å². The molecule has 0 unspecified atom stereocenters. The van der Waals surface area contributed by atoms with Crippen LogP contribution in [0.5, 0.6) is 0 Å². The molecule has 2 saturated heterocycles. The molecule has 2 rings (SSSR count). The van der Waals surface area contributed by atoms with E-state index in [9.17, 15) is 18.8 Å². The standard InChI is InChI=1S/C18H27FN4O4/c1-3-17(26)27-12-16(25)22-6-4-18(2,5-7-22)21-10-15(24)23-11-13(19)8-14(23)9-20/h13-14,21H,3-8,10-12H2,1-2H3/t13-,14-/m0/s1. The van der Waals surface area contributed by atoms with Crippen LogP contribution >= 0.6 is 0 Å². The Hall–Kier alpha value is -2.21. The molecule has 150 valence electrons. The van der Waals surface area contributed by atoms with Crippen molar-refractivity contribution in [3.63, 3.8) is 0 Å². The fraction of sp³-hybridized carbons (Fsp3) is 0.778. The molecule has 2 aliphatic heterocycles. The first-order valence-corrected chi connectivity index (χ1v) is 9.29. The number of piperidine rings is 1. The van der Waals surface area contributed by atoms with Gasteiger partial charge in [-0.25, -0.2) is 4.39 Å². The summed E-state index contributed by atoms with van der Waals surface area (Å²) in [5.41, 5.74) is -0.330. The molecule has 2 aliphatic rings. The summed E-state index contributed by atoms with van der Waals surface area (Å²) in [6.45, 7) is 4.39. The third-order valence-electron chi connectivity index (χ3n) is 5.25. The second-order valence-electron chi connectivity index (χ2n) is 7.33. The monoisotopic (exact) mass is 382 g/mol. The highest BCUT2D eigenvalue weighted by Gasteiger charge is 2.37. The number of nitrogens with zero attached hydrogens (tertiary/aromatic N) is 3. The van der Waals surface area contributed by atoms with Gasteiger partial charge in [-0.2, -0.15) is 5.26 Å². The van der Waals surface area contributed by atoms with Crippen LogP contribution in [0.1, 0.15) is 39.5 Å². The van der Waals surface area contributed by atoms with E-state index in [0.717, 1.165) is 0 Å². The highest BCUT2D eigenvalue weighted by molar-refractivity contribution is 5.81. The van der Waals surface area contributed by atoms with Crippen molar-refractivity contribution in [2.24, 2.45) is 0 Å². The molecule has 0 spiro atoms. The van der Waals surface area contributed by atoms with Crippen molar-refractivity contribution < 1.29 is 23.5 Å². The molecule has 0 aromatic heterocycles. The Bertz CT molecular complexity index is 613. The molecule has 27 heavy (non-hydrogen) atoms. The van der Waals surface area contributed by atoms with Crippen LogP contribution in [0, 0.1) is 11.3 Å². The molecule has 0 bridgehead atoms. The van der Waals surface area contributed by atoms with Crippen LogP contribution in [0.25, 0.3) is 0 Å². The predicted molar refractivity (Wildman–Crippen MR) is 94.1 cm³/mol. The van der Waals surface area contributed by atoms with Crippen LogP contribution in [0.3, 0.4) is 0 Å². The lowest BCUT2D eigenvalue weighted by molar-refractivity contribution is -0.152. The quantitative estimate of drug-likeness (QED) is 0.666. The average molecular weight is 382 g/mol. The zero-order valence-corrected chi connectivity index (χ0v) is 15.9. The van der Waals surface area contributed by atoms with Gasteiger partial charge in [-0.15, -0.1) is 0 Å². The number of likely N-dealkylation sites (tertiary alicyclic amines) is 2. The summed E-state index contributed by atoms with van der Waals surface area (Å²) in [5.74, 6) is -0.913. The Morgan fingerprint density at radius 3 is 2.56 bits per heavy atom. The van der Waals surface area contributed by atoms with Crippen LogP contribution in [0.2, 0.25) is 0 Å². The maximum atomic E-state index is 13.5. The van der Waals surface area contributed by atoms with Gasteiger partial charge in [0, 0.05) is 31.5 Å². The van der Waals surface area contributed by atoms with Gasteiger partial charge in [0.05, 0.1) is 19.2 Å². The minimum absolute atomic E-state index is 0.0312. The van der Waals surface area contributed by atoms with Crippen molar-refractivity contribution in [3.05, 3.63) is 0 Å². The highest BCUT2D eigenvalue weighted by atomic mass is 19.1. The lowest BCUT2D eigenvalue weighted by atomic mass is 9.89. The molecule has 0 saturated carbocycles. The smallest absolute Gasteiger partial charge is 0.306 e. The van der Waals surface area contributed by atoms with E-state index in [2.05, 4.69) is 5.32 Å². The molecule has 2 amide bonds. The van der Waals surface area contributed by atoms with E-state index < -0.39 is 18.2 Å². The van der Waals surface area contributed by atoms with Gasteiger partial charge in [0.2, 0.25) is 5.91 Å². The highest BCUT2D eigenvalue weighted by Crippen LogP contribution is 2.23. The van der Waals surface area contributed by atoms with Crippen molar-refractivity contribution >= 4 is 17.8 Å². The summed E-state index contributed by atoms with van der Waals surface area (Å²) in [4.78, 5) is 38.5. The minimum Gasteiger partial charge on any atom is -0.456 e. The van der Waals surface area contributed by atoms with E-state index in [0.29, 0.717) is 25.9 Å². The summed E-state index contributed by atoms with van der Waals surface area (Å²) >= 11 is 0. The first-order valence-electron chi connectivity index (χ1n) is 9.29. The Balaban J connectivity index is 1.77. The van der Waals surface area contributed by atoms with Gasteiger partial charge in [0.1, 0.15) is 12.2 Å². The number of rotatable bonds is 6. The molecular weight excluding hydrogens is 355 g/mol. The summed E-state index contributed by atoms with van der Waals surface area (Å²) < 4.78 is 18.3. The summed E-state index contributed by atoms with van der Waals surface area (Å²) in [7, 11) is 0. The number of carbonyl (C=O) groups is 3. The van der Waals surface area contributed by atoms with Gasteiger partial charge in [0.15, 0.2) is 6.61 Å². The number of halogens is 1. The number of hydrogen-bond acceptors (Lipinski definition) is 6. The summed E-state index contributed by atoms with van der Waals surface area (Å²) in [5, 5.41) is 12.3.